The highest BCUT2D eigenvalue weighted by atomic mass is 16.5. The number of nitrogens with zero attached hydrogens (tertiary/aromatic N) is 3. The van der Waals surface area contributed by atoms with E-state index in [-0.39, 0.29) is 19.1 Å². The second kappa shape index (κ2) is 7.76. The predicted molar refractivity (Wildman–Crippen MR) is 93.8 cm³/mol. The number of hydrogen-bond acceptors (Lipinski definition) is 5. The normalized spacial score (nSPS) is 10.8. The molecule has 2 N–H and O–H groups in total. The Hall–Kier alpha value is -2.93. The summed E-state index contributed by atoms with van der Waals surface area (Å²) >= 11 is 0. The highest BCUT2D eigenvalue weighted by molar-refractivity contribution is 5.77. The zero-order valence-electron chi connectivity index (χ0n) is 14.0. The minimum atomic E-state index is -0.188. The van der Waals surface area contributed by atoms with Gasteiger partial charge in [0.05, 0.1) is 0 Å². The number of amides is 1. The van der Waals surface area contributed by atoms with Crippen LogP contribution in [0.5, 0.6) is 5.75 Å². The van der Waals surface area contributed by atoms with Crippen LogP contribution in [-0.2, 0) is 11.2 Å². The van der Waals surface area contributed by atoms with Crippen LogP contribution in [0.2, 0.25) is 0 Å². The van der Waals surface area contributed by atoms with Gasteiger partial charge in [-0.3, -0.25) is 4.79 Å². The van der Waals surface area contributed by atoms with Crippen LogP contribution in [0.25, 0.3) is 16.7 Å². The number of aromatic nitrogens is 3. The van der Waals surface area contributed by atoms with Gasteiger partial charge in [0.2, 0.25) is 0 Å². The van der Waals surface area contributed by atoms with Gasteiger partial charge in [-0.1, -0.05) is 18.2 Å². The SMILES string of the molecule is CCNC(=O)COc1ccc(CCO)cc1-n1nc2ccccc2n1. The summed E-state index contributed by atoms with van der Waals surface area (Å²) in [7, 11) is 0. The molecule has 2 aromatic carbocycles. The van der Waals surface area contributed by atoms with Gasteiger partial charge in [-0.05, 0) is 43.2 Å². The Balaban J connectivity index is 1.95. The van der Waals surface area contributed by atoms with Gasteiger partial charge < -0.3 is 15.2 Å². The molecule has 1 amide bonds. The number of carbonyl (C=O) groups is 1. The van der Waals surface area contributed by atoms with Gasteiger partial charge in [0, 0.05) is 13.2 Å². The number of aliphatic hydroxyl groups excluding tert-OH is 1. The predicted octanol–water partition coefficient (Wildman–Crippen LogP) is 1.47. The van der Waals surface area contributed by atoms with Crippen molar-refractivity contribution in [3.05, 3.63) is 48.0 Å². The summed E-state index contributed by atoms with van der Waals surface area (Å²) in [6.45, 7) is 2.37. The van der Waals surface area contributed by atoms with E-state index in [1.54, 1.807) is 6.07 Å². The standard InChI is InChI=1S/C18H20N4O3/c1-2-19-18(24)12-25-17-8-7-13(9-10-23)11-16(17)22-20-14-5-3-4-6-15(14)21-22/h3-8,11,23H,2,9-10,12H2,1H3,(H,19,24). The molecule has 0 saturated heterocycles. The first-order valence-corrected chi connectivity index (χ1v) is 8.17. The first kappa shape index (κ1) is 16.9. The maximum Gasteiger partial charge on any atom is 0.257 e. The molecule has 25 heavy (non-hydrogen) atoms. The topological polar surface area (TPSA) is 89.3 Å². The number of aliphatic hydroxyl groups is 1. The van der Waals surface area contributed by atoms with E-state index in [1.807, 2.05) is 43.3 Å². The lowest BCUT2D eigenvalue weighted by molar-refractivity contribution is -0.122. The Labute approximate surface area is 145 Å². The van der Waals surface area contributed by atoms with E-state index in [9.17, 15) is 9.90 Å². The lowest BCUT2D eigenvalue weighted by atomic mass is 10.1. The van der Waals surface area contributed by atoms with Crippen LogP contribution in [0.3, 0.4) is 0 Å². The van der Waals surface area contributed by atoms with Gasteiger partial charge >= 0.3 is 0 Å². The van der Waals surface area contributed by atoms with Crippen molar-refractivity contribution < 1.29 is 14.6 Å². The van der Waals surface area contributed by atoms with Gasteiger partial charge in [-0.15, -0.1) is 15.0 Å². The summed E-state index contributed by atoms with van der Waals surface area (Å²) in [5, 5.41) is 20.8. The van der Waals surface area contributed by atoms with E-state index < -0.39 is 0 Å². The molecule has 0 saturated carbocycles. The number of hydrogen-bond donors (Lipinski definition) is 2. The molecule has 1 aromatic heterocycles. The zero-order chi connectivity index (χ0) is 17.6. The van der Waals surface area contributed by atoms with Crippen molar-refractivity contribution in [3.8, 4) is 11.4 Å². The van der Waals surface area contributed by atoms with Crippen LogP contribution in [0.15, 0.2) is 42.5 Å². The van der Waals surface area contributed by atoms with Crippen LogP contribution in [0, 0.1) is 0 Å². The van der Waals surface area contributed by atoms with E-state index in [2.05, 4.69) is 15.5 Å². The second-order valence-corrected chi connectivity index (χ2v) is 5.50. The molecule has 0 radical (unpaired) electrons. The number of benzene rings is 2. The fraction of sp³-hybridized carbons (Fsp3) is 0.278. The fourth-order valence-electron chi connectivity index (χ4n) is 2.48. The third-order valence-electron chi connectivity index (χ3n) is 3.66. The van der Waals surface area contributed by atoms with Crippen LogP contribution in [0.4, 0.5) is 0 Å². The van der Waals surface area contributed by atoms with Crippen molar-refractivity contribution in [3.63, 3.8) is 0 Å². The average Bonchev–Trinajstić information content (AvgIpc) is 3.05. The van der Waals surface area contributed by atoms with Gasteiger partial charge in [0.25, 0.3) is 5.91 Å². The monoisotopic (exact) mass is 340 g/mol. The highest BCUT2D eigenvalue weighted by Crippen LogP contribution is 2.25. The molecule has 0 bridgehead atoms. The Morgan fingerprint density at radius 1 is 1.20 bits per heavy atom. The number of nitrogens with one attached hydrogen (secondary N) is 1. The van der Waals surface area contributed by atoms with Gasteiger partial charge in [0.1, 0.15) is 22.5 Å². The Morgan fingerprint density at radius 3 is 2.56 bits per heavy atom. The van der Waals surface area contributed by atoms with E-state index in [0.717, 1.165) is 16.6 Å². The van der Waals surface area contributed by atoms with Crippen LogP contribution in [-0.4, -0.2) is 45.8 Å². The first-order valence-electron chi connectivity index (χ1n) is 8.17. The minimum Gasteiger partial charge on any atom is -0.481 e. The third kappa shape index (κ3) is 3.95. The molecule has 3 rings (SSSR count). The number of rotatable bonds is 7. The van der Waals surface area contributed by atoms with Crippen molar-refractivity contribution in [2.45, 2.75) is 13.3 Å². The van der Waals surface area contributed by atoms with Crippen molar-refractivity contribution in [1.82, 2.24) is 20.3 Å². The molecule has 0 aliphatic carbocycles. The molecule has 0 aliphatic heterocycles. The first-order chi connectivity index (χ1) is 12.2. The van der Waals surface area contributed by atoms with E-state index >= 15 is 0 Å². The molecular formula is C18H20N4O3. The Bertz CT molecular complexity index is 843. The zero-order valence-corrected chi connectivity index (χ0v) is 14.0. The Kier molecular flexibility index (Phi) is 5.25. The molecule has 3 aromatic rings. The smallest absolute Gasteiger partial charge is 0.257 e. The van der Waals surface area contributed by atoms with E-state index in [0.29, 0.717) is 24.4 Å². The third-order valence-corrected chi connectivity index (χ3v) is 3.66. The van der Waals surface area contributed by atoms with Crippen molar-refractivity contribution in [2.24, 2.45) is 0 Å². The van der Waals surface area contributed by atoms with Crippen LogP contribution < -0.4 is 10.1 Å². The van der Waals surface area contributed by atoms with Crippen LogP contribution >= 0.6 is 0 Å². The number of ether oxygens (including phenoxy) is 1. The fourth-order valence-corrected chi connectivity index (χ4v) is 2.48. The number of fused-ring (bicyclic) bond motifs is 1. The molecule has 7 nitrogen and oxygen atoms in total. The minimum absolute atomic E-state index is 0.0487. The van der Waals surface area contributed by atoms with E-state index in [1.165, 1.54) is 4.80 Å². The van der Waals surface area contributed by atoms with Gasteiger partial charge in [-0.2, -0.15) is 0 Å². The van der Waals surface area contributed by atoms with Crippen molar-refractivity contribution in [2.75, 3.05) is 19.8 Å². The molecule has 1 heterocycles. The summed E-state index contributed by atoms with van der Waals surface area (Å²) in [6.07, 6.45) is 0.518. The Morgan fingerprint density at radius 2 is 1.92 bits per heavy atom. The number of carbonyl (C=O) groups excluding carboxylic acids is 1. The summed E-state index contributed by atoms with van der Waals surface area (Å²) < 4.78 is 5.66. The maximum absolute atomic E-state index is 11.7. The van der Waals surface area contributed by atoms with E-state index in [4.69, 9.17) is 4.74 Å². The summed E-state index contributed by atoms with van der Waals surface area (Å²) in [5.74, 6) is 0.319. The molecular weight excluding hydrogens is 320 g/mol. The molecule has 0 fully saturated rings. The lowest BCUT2D eigenvalue weighted by Gasteiger charge is -2.12. The van der Waals surface area contributed by atoms with Gasteiger partial charge in [-0.25, -0.2) is 0 Å². The molecule has 0 atom stereocenters. The lowest BCUT2D eigenvalue weighted by Crippen LogP contribution is -2.28. The van der Waals surface area contributed by atoms with Gasteiger partial charge in [0.15, 0.2) is 6.61 Å². The van der Waals surface area contributed by atoms with Crippen molar-refractivity contribution in [1.29, 1.82) is 0 Å². The molecule has 130 valence electrons. The largest absolute Gasteiger partial charge is 0.481 e. The second-order valence-electron chi connectivity index (χ2n) is 5.50. The molecule has 7 heteroatoms. The van der Waals surface area contributed by atoms with Crippen LogP contribution in [0.1, 0.15) is 12.5 Å². The quantitative estimate of drug-likeness (QED) is 0.680. The van der Waals surface area contributed by atoms with Crippen molar-refractivity contribution >= 4 is 16.9 Å². The highest BCUT2D eigenvalue weighted by Gasteiger charge is 2.13. The summed E-state index contributed by atoms with van der Waals surface area (Å²) in [5.41, 5.74) is 3.10. The molecule has 0 aliphatic rings. The summed E-state index contributed by atoms with van der Waals surface area (Å²) in [6, 6.07) is 13.1. The molecule has 0 unspecified atom stereocenters. The maximum atomic E-state index is 11.7. The average molecular weight is 340 g/mol. The number of likely N-dealkylation sites (N-methyl/N-ethyl adjacent to an activating group) is 1. The summed E-state index contributed by atoms with van der Waals surface area (Å²) in [4.78, 5) is 13.2. The molecule has 0 spiro atoms.